The van der Waals surface area contributed by atoms with Crippen molar-refractivity contribution >= 4 is 57.4 Å². The zero-order valence-electron chi connectivity index (χ0n) is 18.6. The number of carbonyl (C=O) groups is 3. The van der Waals surface area contributed by atoms with Crippen LogP contribution in [0.4, 0.5) is 16.5 Å². The molecule has 12 heteroatoms. The van der Waals surface area contributed by atoms with Gasteiger partial charge >= 0.3 is 5.97 Å². The summed E-state index contributed by atoms with van der Waals surface area (Å²) in [7, 11) is 1.75. The average molecular weight is 503 g/mol. The number of nitrogens with one attached hydrogen (secondary N) is 3. The van der Waals surface area contributed by atoms with Crippen LogP contribution in [0, 0.1) is 0 Å². The molecule has 1 fully saturated rings. The highest BCUT2D eigenvalue weighted by Crippen LogP contribution is 2.34. The van der Waals surface area contributed by atoms with Gasteiger partial charge in [0.25, 0.3) is 5.91 Å². The number of carboxylic acid groups (broad SMARTS) is 1. The number of thioether (sulfide) groups is 1. The van der Waals surface area contributed by atoms with Crippen LogP contribution in [-0.4, -0.2) is 59.3 Å². The Morgan fingerprint density at radius 3 is 2.62 bits per heavy atom. The summed E-state index contributed by atoms with van der Waals surface area (Å²) in [6, 6.07) is 7.50. The first-order valence-corrected chi connectivity index (χ1v) is 12.7. The molecular formula is C22H26N6O4S2. The van der Waals surface area contributed by atoms with Crippen molar-refractivity contribution in [3.05, 3.63) is 45.9 Å². The summed E-state index contributed by atoms with van der Waals surface area (Å²) in [4.78, 5) is 42.9. The van der Waals surface area contributed by atoms with E-state index < -0.39 is 11.5 Å². The number of carboxylic acids is 1. The van der Waals surface area contributed by atoms with Crippen molar-refractivity contribution in [2.45, 2.75) is 24.8 Å². The van der Waals surface area contributed by atoms with E-state index in [4.69, 9.17) is 5.73 Å². The molecule has 1 aromatic heterocycles. The Bertz CT molecular complexity index is 1140. The summed E-state index contributed by atoms with van der Waals surface area (Å²) >= 11 is 2.54. The average Bonchev–Trinajstić information content (AvgIpc) is 3.49. The van der Waals surface area contributed by atoms with E-state index >= 15 is 0 Å². The minimum absolute atomic E-state index is 0.243. The molecule has 1 saturated heterocycles. The third kappa shape index (κ3) is 4.88. The number of para-hydroxylation sites is 2. The first-order chi connectivity index (χ1) is 16.3. The number of primary amides is 1. The third-order valence-corrected chi connectivity index (χ3v) is 8.00. The van der Waals surface area contributed by atoms with Crippen LogP contribution in [0.15, 0.2) is 40.2 Å². The molecular weight excluding hydrogens is 476 g/mol. The monoisotopic (exact) mass is 502 g/mol. The second-order valence-electron chi connectivity index (χ2n) is 8.03. The van der Waals surface area contributed by atoms with Gasteiger partial charge in [-0.3, -0.25) is 9.59 Å². The molecule has 2 amide bonds. The molecule has 6 N–H and O–H groups in total. The zero-order valence-corrected chi connectivity index (χ0v) is 20.2. The highest BCUT2D eigenvalue weighted by Gasteiger charge is 2.38. The molecule has 180 valence electrons. The maximum atomic E-state index is 12.9. The molecule has 0 saturated carbocycles. The van der Waals surface area contributed by atoms with Gasteiger partial charge in [0, 0.05) is 29.9 Å². The van der Waals surface area contributed by atoms with Crippen LogP contribution in [0.5, 0.6) is 0 Å². The van der Waals surface area contributed by atoms with E-state index in [-0.39, 0.29) is 22.4 Å². The highest BCUT2D eigenvalue weighted by atomic mass is 32.2. The second kappa shape index (κ2) is 10.0. The molecule has 34 heavy (non-hydrogen) atoms. The molecule has 0 spiro atoms. The minimum Gasteiger partial charge on any atom is -0.477 e. The highest BCUT2D eigenvalue weighted by molar-refractivity contribution is 8.04. The largest absolute Gasteiger partial charge is 0.477 e. The molecule has 0 aliphatic carbocycles. The van der Waals surface area contributed by atoms with Crippen LogP contribution in [-0.2, 0) is 9.59 Å². The molecule has 2 aliphatic heterocycles. The fourth-order valence-corrected chi connectivity index (χ4v) is 5.80. The van der Waals surface area contributed by atoms with Crippen LogP contribution in [0.25, 0.3) is 0 Å². The Morgan fingerprint density at radius 1 is 1.21 bits per heavy atom. The summed E-state index contributed by atoms with van der Waals surface area (Å²) < 4.78 is 0. The summed E-state index contributed by atoms with van der Waals surface area (Å²) in [6.07, 6.45) is 1.74. The van der Waals surface area contributed by atoms with Crippen LogP contribution in [0.3, 0.4) is 0 Å². The number of amides is 2. The Kier molecular flexibility index (Phi) is 7.10. The van der Waals surface area contributed by atoms with Gasteiger partial charge in [-0.05, 0) is 38.4 Å². The molecule has 2 aliphatic rings. The number of nitrogens with two attached hydrogens (primary N) is 1. The van der Waals surface area contributed by atoms with Crippen LogP contribution < -0.4 is 26.6 Å². The molecule has 0 bridgehead atoms. The van der Waals surface area contributed by atoms with Crippen LogP contribution in [0.1, 0.15) is 29.8 Å². The summed E-state index contributed by atoms with van der Waals surface area (Å²) in [5, 5.41) is 20.5. The lowest BCUT2D eigenvalue weighted by Crippen LogP contribution is -2.59. The number of hydrogen-bond acceptors (Lipinski definition) is 9. The van der Waals surface area contributed by atoms with Gasteiger partial charge in [-0.2, -0.15) is 0 Å². The Balaban J connectivity index is 1.45. The molecule has 1 aromatic carbocycles. The van der Waals surface area contributed by atoms with Gasteiger partial charge in [-0.15, -0.1) is 23.1 Å². The molecule has 0 unspecified atom stereocenters. The number of thiazole rings is 1. The standard InChI is InChI=1S/C22H26N6O4S2/c1-24-22(20(23)32)7-9-28(10-8-22)16-5-3-2-4-13(16)25-18(29)15-12-34-21(27-15)26-14-6-11-33-17(14)19(30)31/h2-5,12,24H,6-11H2,1H3,(H2,23,32)(H,25,29)(H,26,27)(H,30,31). The summed E-state index contributed by atoms with van der Waals surface area (Å²) in [5.41, 5.74) is 7.26. The first-order valence-electron chi connectivity index (χ1n) is 10.8. The van der Waals surface area contributed by atoms with Gasteiger partial charge in [-0.1, -0.05) is 12.1 Å². The van der Waals surface area contributed by atoms with Gasteiger partial charge in [0.15, 0.2) is 5.13 Å². The molecule has 2 aromatic rings. The van der Waals surface area contributed by atoms with Gasteiger partial charge in [-0.25, -0.2) is 9.78 Å². The maximum Gasteiger partial charge on any atom is 0.343 e. The number of hydrogen-bond donors (Lipinski definition) is 5. The number of benzene rings is 1. The molecule has 0 radical (unpaired) electrons. The van der Waals surface area contributed by atoms with E-state index in [1.807, 2.05) is 24.3 Å². The smallest absolute Gasteiger partial charge is 0.343 e. The van der Waals surface area contributed by atoms with E-state index in [9.17, 15) is 19.5 Å². The van der Waals surface area contributed by atoms with Crippen LogP contribution in [0.2, 0.25) is 0 Å². The Hall–Kier alpha value is -3.09. The van der Waals surface area contributed by atoms with E-state index in [0.29, 0.717) is 54.6 Å². The zero-order chi connectivity index (χ0) is 24.3. The SMILES string of the molecule is CNC1(C(N)=O)CCN(c2ccccc2NC(=O)c2csc(NC3=C(C(=O)O)SCC3)n2)CC1. The quantitative estimate of drug-likeness (QED) is 0.366. The molecule has 4 rings (SSSR count). The predicted molar refractivity (Wildman–Crippen MR) is 134 cm³/mol. The van der Waals surface area contributed by atoms with Crippen molar-refractivity contribution in [2.24, 2.45) is 5.73 Å². The van der Waals surface area contributed by atoms with Crippen molar-refractivity contribution < 1.29 is 19.5 Å². The summed E-state index contributed by atoms with van der Waals surface area (Å²) in [5.74, 6) is -0.975. The van der Waals surface area contributed by atoms with Crippen molar-refractivity contribution in [2.75, 3.05) is 41.4 Å². The Labute approximate surface area is 205 Å². The number of rotatable bonds is 8. The number of likely N-dealkylation sites (N-methyl/N-ethyl adjacent to an activating group) is 1. The molecule has 3 heterocycles. The van der Waals surface area contributed by atoms with Crippen LogP contribution >= 0.6 is 23.1 Å². The van der Waals surface area contributed by atoms with E-state index in [0.717, 1.165) is 5.69 Å². The lowest BCUT2D eigenvalue weighted by molar-refractivity contribution is -0.131. The fraction of sp³-hybridized carbons (Fsp3) is 0.364. The van der Waals surface area contributed by atoms with E-state index in [1.165, 1.54) is 23.1 Å². The normalized spacial score (nSPS) is 17.5. The minimum atomic E-state index is -0.961. The van der Waals surface area contributed by atoms with Crippen molar-refractivity contribution in [1.82, 2.24) is 10.3 Å². The van der Waals surface area contributed by atoms with Gasteiger partial charge in [0.2, 0.25) is 5.91 Å². The predicted octanol–water partition coefficient (Wildman–Crippen LogP) is 2.28. The number of carbonyl (C=O) groups excluding carboxylic acids is 2. The van der Waals surface area contributed by atoms with Crippen molar-refractivity contribution in [3.63, 3.8) is 0 Å². The third-order valence-electron chi connectivity index (χ3n) is 6.12. The lowest BCUT2D eigenvalue weighted by atomic mass is 9.86. The van der Waals surface area contributed by atoms with E-state index in [1.54, 1.807) is 12.4 Å². The lowest BCUT2D eigenvalue weighted by Gasteiger charge is -2.41. The number of piperidine rings is 1. The van der Waals surface area contributed by atoms with Gasteiger partial charge < -0.3 is 31.7 Å². The fourth-order valence-electron chi connectivity index (χ4n) is 4.12. The maximum absolute atomic E-state index is 12.9. The topological polar surface area (TPSA) is 150 Å². The number of aromatic nitrogens is 1. The molecule has 0 atom stereocenters. The number of nitrogens with zero attached hydrogens (tertiary/aromatic N) is 2. The van der Waals surface area contributed by atoms with Crippen molar-refractivity contribution in [3.8, 4) is 0 Å². The molecule has 10 nitrogen and oxygen atoms in total. The van der Waals surface area contributed by atoms with Gasteiger partial charge in [0.05, 0.1) is 11.4 Å². The first kappa shape index (κ1) is 24.0. The number of aliphatic carboxylic acids is 1. The summed E-state index contributed by atoms with van der Waals surface area (Å²) in [6.45, 7) is 1.22. The number of allylic oxidation sites excluding steroid dienone is 1. The second-order valence-corrected chi connectivity index (χ2v) is 9.99. The van der Waals surface area contributed by atoms with E-state index in [2.05, 4.69) is 25.8 Å². The number of anilines is 3. The van der Waals surface area contributed by atoms with Gasteiger partial charge in [0.1, 0.15) is 16.1 Å². The Morgan fingerprint density at radius 2 is 1.94 bits per heavy atom. The van der Waals surface area contributed by atoms with Crippen molar-refractivity contribution in [1.29, 1.82) is 0 Å².